The molecule has 1 aliphatic rings. The molecule has 1 aliphatic carbocycles. The van der Waals surface area contributed by atoms with Crippen molar-refractivity contribution >= 4 is 11.6 Å². The van der Waals surface area contributed by atoms with Gasteiger partial charge in [-0.15, -0.1) is 0 Å². The lowest BCUT2D eigenvalue weighted by atomic mass is 9.96. The van der Waals surface area contributed by atoms with Crippen LogP contribution in [-0.4, -0.2) is 12.5 Å². The number of nitrogens with one attached hydrogen (secondary N) is 2. The Morgan fingerprint density at radius 3 is 2.76 bits per heavy atom. The Kier molecular flexibility index (Phi) is 5.80. The van der Waals surface area contributed by atoms with E-state index in [0.717, 1.165) is 25.1 Å². The van der Waals surface area contributed by atoms with E-state index in [9.17, 15) is 4.79 Å². The number of para-hydroxylation sites is 1. The Balaban J connectivity index is 2.07. The quantitative estimate of drug-likeness (QED) is 0.826. The standard InChI is InChI=1S/C18H28N2O/c1-4-12-19-14(3)16-9-5-6-11-17(16)20-18(21)15-10-7-8-13(15)2/h5-6,9,11,13-15,19H,4,7-8,10,12H2,1-3H3,(H,20,21). The number of rotatable bonds is 6. The summed E-state index contributed by atoms with van der Waals surface area (Å²) in [4.78, 5) is 12.5. The number of anilines is 1. The number of carbonyl (C=O) groups excluding carboxylic acids is 1. The SMILES string of the molecule is CCCNC(C)c1ccccc1NC(=O)C1CCCC1C. The summed E-state index contributed by atoms with van der Waals surface area (Å²) in [6, 6.07) is 8.39. The number of carbonyl (C=O) groups is 1. The van der Waals surface area contributed by atoms with E-state index in [1.807, 2.05) is 18.2 Å². The van der Waals surface area contributed by atoms with Crippen LogP contribution in [0.2, 0.25) is 0 Å². The average Bonchev–Trinajstić information content (AvgIpc) is 2.91. The van der Waals surface area contributed by atoms with Gasteiger partial charge >= 0.3 is 0 Å². The van der Waals surface area contributed by atoms with Crippen molar-refractivity contribution < 1.29 is 4.79 Å². The Morgan fingerprint density at radius 2 is 2.10 bits per heavy atom. The third-order valence-corrected chi connectivity index (χ3v) is 4.58. The Labute approximate surface area is 128 Å². The molecule has 0 heterocycles. The summed E-state index contributed by atoms with van der Waals surface area (Å²) in [6.45, 7) is 7.49. The zero-order chi connectivity index (χ0) is 15.2. The molecule has 0 radical (unpaired) electrons. The van der Waals surface area contributed by atoms with Crippen molar-refractivity contribution in [1.29, 1.82) is 0 Å². The molecule has 2 N–H and O–H groups in total. The molecule has 3 unspecified atom stereocenters. The van der Waals surface area contributed by atoms with Gasteiger partial charge in [0.1, 0.15) is 0 Å². The van der Waals surface area contributed by atoms with Crippen molar-refractivity contribution in [3.8, 4) is 0 Å². The monoisotopic (exact) mass is 288 g/mol. The van der Waals surface area contributed by atoms with Crippen LogP contribution in [-0.2, 0) is 4.79 Å². The number of amides is 1. The highest BCUT2D eigenvalue weighted by atomic mass is 16.1. The van der Waals surface area contributed by atoms with Gasteiger partial charge in [-0.2, -0.15) is 0 Å². The average molecular weight is 288 g/mol. The van der Waals surface area contributed by atoms with E-state index in [4.69, 9.17) is 0 Å². The molecule has 0 aromatic heterocycles. The molecule has 0 saturated heterocycles. The fraction of sp³-hybridized carbons (Fsp3) is 0.611. The molecule has 3 heteroatoms. The molecule has 3 nitrogen and oxygen atoms in total. The van der Waals surface area contributed by atoms with E-state index < -0.39 is 0 Å². The Morgan fingerprint density at radius 1 is 1.33 bits per heavy atom. The predicted molar refractivity (Wildman–Crippen MR) is 88.3 cm³/mol. The van der Waals surface area contributed by atoms with E-state index in [-0.39, 0.29) is 17.9 Å². The van der Waals surface area contributed by atoms with Crippen molar-refractivity contribution in [2.75, 3.05) is 11.9 Å². The van der Waals surface area contributed by atoms with Crippen molar-refractivity contribution in [2.24, 2.45) is 11.8 Å². The van der Waals surface area contributed by atoms with Gasteiger partial charge in [-0.3, -0.25) is 4.79 Å². The number of benzene rings is 1. The molecular formula is C18H28N2O. The molecule has 2 rings (SSSR count). The molecule has 0 bridgehead atoms. The van der Waals surface area contributed by atoms with Gasteiger partial charge in [0.05, 0.1) is 0 Å². The van der Waals surface area contributed by atoms with Crippen molar-refractivity contribution in [1.82, 2.24) is 5.32 Å². The van der Waals surface area contributed by atoms with Gasteiger partial charge in [-0.1, -0.05) is 38.5 Å². The van der Waals surface area contributed by atoms with E-state index in [0.29, 0.717) is 5.92 Å². The highest BCUT2D eigenvalue weighted by molar-refractivity contribution is 5.93. The summed E-state index contributed by atoms with van der Waals surface area (Å²) >= 11 is 0. The molecule has 21 heavy (non-hydrogen) atoms. The van der Waals surface area contributed by atoms with E-state index in [1.165, 1.54) is 18.4 Å². The molecule has 1 aromatic rings. The fourth-order valence-electron chi connectivity index (χ4n) is 3.22. The summed E-state index contributed by atoms with van der Waals surface area (Å²) in [5, 5.41) is 6.65. The minimum atomic E-state index is 0.178. The van der Waals surface area contributed by atoms with Gasteiger partial charge in [0.2, 0.25) is 5.91 Å². The molecule has 1 fully saturated rings. The van der Waals surface area contributed by atoms with Gasteiger partial charge in [0, 0.05) is 17.6 Å². The highest BCUT2D eigenvalue weighted by Gasteiger charge is 2.30. The van der Waals surface area contributed by atoms with Crippen LogP contribution in [0.5, 0.6) is 0 Å². The molecule has 3 atom stereocenters. The van der Waals surface area contributed by atoms with Crippen LogP contribution in [0.25, 0.3) is 0 Å². The highest BCUT2D eigenvalue weighted by Crippen LogP contribution is 2.32. The molecule has 1 amide bonds. The second kappa shape index (κ2) is 7.60. The smallest absolute Gasteiger partial charge is 0.227 e. The first-order valence-corrected chi connectivity index (χ1v) is 8.26. The summed E-state index contributed by atoms with van der Waals surface area (Å²) in [7, 11) is 0. The van der Waals surface area contributed by atoms with Crippen LogP contribution >= 0.6 is 0 Å². The van der Waals surface area contributed by atoms with Crippen LogP contribution in [0.15, 0.2) is 24.3 Å². The van der Waals surface area contributed by atoms with E-state index in [2.05, 4.69) is 37.5 Å². The van der Waals surface area contributed by atoms with Gasteiger partial charge in [0.25, 0.3) is 0 Å². The maximum absolute atomic E-state index is 12.5. The first-order chi connectivity index (χ1) is 10.1. The van der Waals surface area contributed by atoms with Crippen molar-refractivity contribution in [3.05, 3.63) is 29.8 Å². The Bertz CT molecular complexity index is 472. The second-order valence-corrected chi connectivity index (χ2v) is 6.27. The third-order valence-electron chi connectivity index (χ3n) is 4.58. The van der Waals surface area contributed by atoms with Gasteiger partial charge in [-0.25, -0.2) is 0 Å². The largest absolute Gasteiger partial charge is 0.326 e. The first kappa shape index (κ1) is 16.0. The van der Waals surface area contributed by atoms with Crippen LogP contribution in [0.4, 0.5) is 5.69 Å². The zero-order valence-corrected chi connectivity index (χ0v) is 13.5. The lowest BCUT2D eigenvalue weighted by molar-refractivity contribution is -0.120. The Hall–Kier alpha value is -1.35. The van der Waals surface area contributed by atoms with Crippen LogP contribution in [0.3, 0.4) is 0 Å². The first-order valence-electron chi connectivity index (χ1n) is 8.26. The van der Waals surface area contributed by atoms with Crippen LogP contribution in [0, 0.1) is 11.8 Å². The van der Waals surface area contributed by atoms with E-state index in [1.54, 1.807) is 0 Å². The summed E-state index contributed by atoms with van der Waals surface area (Å²) < 4.78 is 0. The summed E-state index contributed by atoms with van der Waals surface area (Å²) in [6.07, 6.45) is 4.49. The third kappa shape index (κ3) is 4.07. The molecular weight excluding hydrogens is 260 g/mol. The maximum Gasteiger partial charge on any atom is 0.227 e. The molecule has 0 aliphatic heterocycles. The van der Waals surface area contributed by atoms with E-state index >= 15 is 0 Å². The van der Waals surface area contributed by atoms with Crippen LogP contribution in [0.1, 0.15) is 58.1 Å². The van der Waals surface area contributed by atoms with Crippen molar-refractivity contribution in [2.45, 2.75) is 52.5 Å². The maximum atomic E-state index is 12.5. The lowest BCUT2D eigenvalue weighted by Gasteiger charge is -2.20. The van der Waals surface area contributed by atoms with Gasteiger partial charge < -0.3 is 10.6 Å². The topological polar surface area (TPSA) is 41.1 Å². The fourth-order valence-corrected chi connectivity index (χ4v) is 3.22. The van der Waals surface area contributed by atoms with Crippen LogP contribution < -0.4 is 10.6 Å². The summed E-state index contributed by atoms with van der Waals surface area (Å²) in [5.74, 6) is 0.875. The molecule has 1 saturated carbocycles. The normalized spacial score (nSPS) is 23.0. The predicted octanol–water partition coefficient (Wildman–Crippen LogP) is 4.12. The zero-order valence-electron chi connectivity index (χ0n) is 13.5. The number of hydrogen-bond acceptors (Lipinski definition) is 2. The van der Waals surface area contributed by atoms with Gasteiger partial charge in [0.15, 0.2) is 0 Å². The number of hydrogen-bond donors (Lipinski definition) is 2. The minimum absolute atomic E-state index is 0.178. The minimum Gasteiger partial charge on any atom is -0.326 e. The lowest BCUT2D eigenvalue weighted by Crippen LogP contribution is -2.26. The summed E-state index contributed by atoms with van der Waals surface area (Å²) in [5.41, 5.74) is 2.13. The molecule has 1 aromatic carbocycles. The molecule has 116 valence electrons. The molecule has 0 spiro atoms. The van der Waals surface area contributed by atoms with Crippen molar-refractivity contribution in [3.63, 3.8) is 0 Å². The second-order valence-electron chi connectivity index (χ2n) is 6.27. The van der Waals surface area contributed by atoms with Gasteiger partial charge in [-0.05, 0) is 50.3 Å².